The SMILES string of the molecule is OC1CCN(C(c2ccccc2)(c2ccccc2)c2ccccc2)CC1=Cc1cnccn1. The monoisotopic (exact) mass is 433 g/mol. The zero-order valence-electron chi connectivity index (χ0n) is 18.5. The average Bonchev–Trinajstić information content (AvgIpc) is 2.89. The number of aliphatic hydroxyl groups is 1. The summed E-state index contributed by atoms with van der Waals surface area (Å²) in [6.45, 7) is 1.38. The highest BCUT2D eigenvalue weighted by Gasteiger charge is 2.44. The zero-order valence-corrected chi connectivity index (χ0v) is 18.5. The van der Waals surface area contributed by atoms with Crippen LogP contribution in [0.2, 0.25) is 0 Å². The van der Waals surface area contributed by atoms with Crippen LogP contribution in [0.15, 0.2) is 115 Å². The summed E-state index contributed by atoms with van der Waals surface area (Å²) in [5.41, 5.74) is 4.84. The third-order valence-electron chi connectivity index (χ3n) is 6.44. The van der Waals surface area contributed by atoms with E-state index >= 15 is 0 Å². The molecule has 4 aromatic rings. The molecule has 3 aromatic carbocycles. The first-order valence-corrected chi connectivity index (χ1v) is 11.3. The molecule has 0 saturated carbocycles. The van der Waals surface area contributed by atoms with E-state index in [4.69, 9.17) is 0 Å². The summed E-state index contributed by atoms with van der Waals surface area (Å²) >= 11 is 0. The molecule has 0 radical (unpaired) electrons. The van der Waals surface area contributed by atoms with Gasteiger partial charge in [0.05, 0.1) is 23.5 Å². The van der Waals surface area contributed by atoms with Crippen LogP contribution in [0.1, 0.15) is 28.8 Å². The highest BCUT2D eigenvalue weighted by Crippen LogP contribution is 2.44. The molecule has 0 bridgehead atoms. The van der Waals surface area contributed by atoms with Crippen molar-refractivity contribution in [2.45, 2.75) is 18.1 Å². The van der Waals surface area contributed by atoms with Gasteiger partial charge in [-0.05, 0) is 34.8 Å². The first-order valence-electron chi connectivity index (χ1n) is 11.3. The molecule has 1 fully saturated rings. The topological polar surface area (TPSA) is 49.2 Å². The highest BCUT2D eigenvalue weighted by molar-refractivity contribution is 5.53. The number of aromatic nitrogens is 2. The molecule has 1 N–H and O–H groups in total. The maximum absolute atomic E-state index is 10.9. The molecular formula is C29H27N3O. The van der Waals surface area contributed by atoms with E-state index in [0.717, 1.165) is 17.8 Å². The Morgan fingerprint density at radius 3 is 1.82 bits per heavy atom. The van der Waals surface area contributed by atoms with E-state index in [0.29, 0.717) is 13.0 Å². The quantitative estimate of drug-likeness (QED) is 0.454. The van der Waals surface area contributed by atoms with E-state index < -0.39 is 11.6 Å². The van der Waals surface area contributed by atoms with Gasteiger partial charge in [-0.15, -0.1) is 0 Å². The van der Waals surface area contributed by atoms with E-state index in [2.05, 4.69) is 106 Å². The Balaban J connectivity index is 1.70. The maximum Gasteiger partial charge on any atom is 0.0975 e. The average molecular weight is 434 g/mol. The third kappa shape index (κ3) is 4.11. The van der Waals surface area contributed by atoms with E-state index in [1.807, 2.05) is 6.08 Å². The van der Waals surface area contributed by atoms with Gasteiger partial charge in [0.25, 0.3) is 0 Å². The third-order valence-corrected chi connectivity index (χ3v) is 6.44. The molecule has 4 heteroatoms. The van der Waals surface area contributed by atoms with Crippen LogP contribution >= 0.6 is 0 Å². The first-order chi connectivity index (χ1) is 16.3. The Labute approximate surface area is 194 Å². The Kier molecular flexibility index (Phi) is 6.11. The maximum atomic E-state index is 10.9. The lowest BCUT2D eigenvalue weighted by Gasteiger charge is -2.48. The number of hydrogen-bond donors (Lipinski definition) is 1. The summed E-state index contributed by atoms with van der Waals surface area (Å²) < 4.78 is 0. The molecule has 4 nitrogen and oxygen atoms in total. The number of likely N-dealkylation sites (tertiary alicyclic amines) is 1. The summed E-state index contributed by atoms with van der Waals surface area (Å²) in [5.74, 6) is 0. The van der Waals surface area contributed by atoms with E-state index in [-0.39, 0.29) is 0 Å². The first kappa shape index (κ1) is 21.3. The van der Waals surface area contributed by atoms with Crippen molar-refractivity contribution in [3.05, 3.63) is 138 Å². The highest BCUT2D eigenvalue weighted by atomic mass is 16.3. The van der Waals surface area contributed by atoms with Crippen LogP contribution in [-0.2, 0) is 5.54 Å². The van der Waals surface area contributed by atoms with E-state index in [9.17, 15) is 5.11 Å². The molecule has 1 aliphatic heterocycles. The summed E-state index contributed by atoms with van der Waals surface area (Å²) in [5, 5.41) is 10.9. The second-order valence-corrected chi connectivity index (χ2v) is 8.38. The van der Waals surface area contributed by atoms with Crippen LogP contribution in [0.5, 0.6) is 0 Å². The van der Waals surface area contributed by atoms with Crippen molar-refractivity contribution in [2.75, 3.05) is 13.1 Å². The molecule has 0 amide bonds. The molecule has 0 aliphatic carbocycles. The fourth-order valence-corrected chi connectivity index (χ4v) is 4.96. The molecule has 0 spiro atoms. The molecule has 1 aliphatic rings. The molecule has 2 heterocycles. The molecule has 5 rings (SSSR count). The van der Waals surface area contributed by atoms with Crippen molar-refractivity contribution in [1.82, 2.24) is 14.9 Å². The van der Waals surface area contributed by atoms with Gasteiger partial charge < -0.3 is 5.11 Å². The Morgan fingerprint density at radius 2 is 1.33 bits per heavy atom. The van der Waals surface area contributed by atoms with Crippen molar-refractivity contribution in [3.63, 3.8) is 0 Å². The smallest absolute Gasteiger partial charge is 0.0975 e. The lowest BCUT2D eigenvalue weighted by Crippen LogP contribution is -2.52. The van der Waals surface area contributed by atoms with Crippen molar-refractivity contribution < 1.29 is 5.11 Å². The molecule has 1 atom stereocenters. The molecule has 164 valence electrons. The normalized spacial score (nSPS) is 18.3. The van der Waals surface area contributed by atoms with Gasteiger partial charge in [0.2, 0.25) is 0 Å². The molecule has 1 aromatic heterocycles. The van der Waals surface area contributed by atoms with Gasteiger partial charge >= 0.3 is 0 Å². The number of rotatable bonds is 5. The minimum Gasteiger partial charge on any atom is -0.389 e. The van der Waals surface area contributed by atoms with Crippen LogP contribution in [0.4, 0.5) is 0 Å². The fourth-order valence-electron chi connectivity index (χ4n) is 4.96. The minimum atomic E-state index is -0.497. The standard InChI is InChI=1S/C29H27N3O/c33-28-16-19-32(22-23(28)20-27-21-30-17-18-31-27)29(24-10-4-1-5-11-24,25-12-6-2-7-13-25)26-14-8-3-9-15-26/h1-15,17-18,20-21,28,33H,16,19,22H2. The number of nitrogens with zero attached hydrogens (tertiary/aromatic N) is 3. The van der Waals surface area contributed by atoms with Crippen LogP contribution in [0, 0.1) is 0 Å². The van der Waals surface area contributed by atoms with Gasteiger partial charge in [-0.3, -0.25) is 14.9 Å². The van der Waals surface area contributed by atoms with Gasteiger partial charge in [-0.1, -0.05) is 91.0 Å². The second kappa shape index (κ2) is 9.49. The lowest BCUT2D eigenvalue weighted by molar-refractivity contribution is 0.0872. The van der Waals surface area contributed by atoms with Gasteiger partial charge in [0, 0.05) is 25.5 Å². The van der Waals surface area contributed by atoms with Gasteiger partial charge in [0.1, 0.15) is 0 Å². The van der Waals surface area contributed by atoms with Crippen molar-refractivity contribution in [1.29, 1.82) is 0 Å². The van der Waals surface area contributed by atoms with Gasteiger partial charge in [0.15, 0.2) is 0 Å². The Bertz CT molecular complexity index is 1100. The summed E-state index contributed by atoms with van der Waals surface area (Å²) in [7, 11) is 0. The largest absolute Gasteiger partial charge is 0.389 e. The lowest BCUT2D eigenvalue weighted by atomic mass is 9.74. The zero-order chi connectivity index (χ0) is 22.5. The molecule has 1 unspecified atom stereocenters. The predicted molar refractivity (Wildman–Crippen MR) is 131 cm³/mol. The van der Waals surface area contributed by atoms with Gasteiger partial charge in [-0.25, -0.2) is 0 Å². The van der Waals surface area contributed by atoms with Crippen LogP contribution in [0.3, 0.4) is 0 Å². The molecule has 1 saturated heterocycles. The number of benzene rings is 3. The van der Waals surface area contributed by atoms with Crippen LogP contribution in [0.25, 0.3) is 6.08 Å². The predicted octanol–water partition coefficient (Wildman–Crippen LogP) is 4.92. The number of piperidine rings is 1. The summed E-state index contributed by atoms with van der Waals surface area (Å²) in [6.07, 6.45) is 7.22. The van der Waals surface area contributed by atoms with Crippen LogP contribution in [-0.4, -0.2) is 39.2 Å². The van der Waals surface area contributed by atoms with Crippen LogP contribution < -0.4 is 0 Å². The van der Waals surface area contributed by atoms with E-state index in [1.54, 1.807) is 18.6 Å². The summed E-state index contributed by atoms with van der Waals surface area (Å²) in [6, 6.07) is 32.0. The number of aliphatic hydroxyl groups excluding tert-OH is 1. The summed E-state index contributed by atoms with van der Waals surface area (Å²) in [4.78, 5) is 11.1. The molecular weight excluding hydrogens is 406 g/mol. The Hall–Kier alpha value is -3.60. The minimum absolute atomic E-state index is 0.495. The van der Waals surface area contributed by atoms with Crippen molar-refractivity contribution in [2.24, 2.45) is 0 Å². The fraction of sp³-hybridized carbons (Fsp3) is 0.172. The van der Waals surface area contributed by atoms with Crippen molar-refractivity contribution in [3.8, 4) is 0 Å². The second-order valence-electron chi connectivity index (χ2n) is 8.38. The Morgan fingerprint density at radius 1 is 0.788 bits per heavy atom. The van der Waals surface area contributed by atoms with Crippen molar-refractivity contribution >= 4 is 6.08 Å². The molecule has 33 heavy (non-hydrogen) atoms. The van der Waals surface area contributed by atoms with Gasteiger partial charge in [-0.2, -0.15) is 0 Å². The van der Waals surface area contributed by atoms with E-state index in [1.165, 1.54) is 16.7 Å². The number of hydrogen-bond acceptors (Lipinski definition) is 4.